The zero-order valence-electron chi connectivity index (χ0n) is 19.3. The van der Waals surface area contributed by atoms with Crippen molar-refractivity contribution in [3.63, 3.8) is 0 Å². The number of ether oxygens (including phenoxy) is 2. The molecule has 0 aliphatic carbocycles. The number of hydrogen-bond acceptors (Lipinski definition) is 6. The molecule has 1 aliphatic rings. The molecule has 3 rings (SSSR count). The van der Waals surface area contributed by atoms with E-state index in [9.17, 15) is 14.7 Å². The second-order valence-electron chi connectivity index (χ2n) is 7.88. The number of carbonyl (C=O) groups excluding carboxylic acids is 2. The highest BCUT2D eigenvalue weighted by atomic mass is 35.5. The molecule has 1 saturated heterocycles. The summed E-state index contributed by atoms with van der Waals surface area (Å²) in [6, 6.07) is 11.3. The van der Waals surface area contributed by atoms with Crippen LogP contribution in [0.3, 0.4) is 0 Å². The van der Waals surface area contributed by atoms with Crippen molar-refractivity contribution in [1.82, 2.24) is 9.80 Å². The number of likely N-dealkylation sites (N-methyl/N-ethyl adjacent to an activating group) is 1. The average molecular weight is 473 g/mol. The van der Waals surface area contributed by atoms with Gasteiger partial charge in [-0.2, -0.15) is 0 Å². The largest absolute Gasteiger partial charge is 0.507 e. The van der Waals surface area contributed by atoms with Crippen molar-refractivity contribution in [2.45, 2.75) is 19.9 Å². The Balaban J connectivity index is 2.10. The smallest absolute Gasteiger partial charge is 0.295 e. The number of amides is 1. The summed E-state index contributed by atoms with van der Waals surface area (Å²) in [5, 5.41) is 11.5. The summed E-state index contributed by atoms with van der Waals surface area (Å²) in [6.45, 7) is 5.60. The van der Waals surface area contributed by atoms with Crippen LogP contribution in [0.2, 0.25) is 5.02 Å². The van der Waals surface area contributed by atoms with Crippen molar-refractivity contribution in [2.75, 3.05) is 40.4 Å². The molecule has 0 radical (unpaired) electrons. The van der Waals surface area contributed by atoms with Crippen LogP contribution in [-0.4, -0.2) is 67.0 Å². The van der Waals surface area contributed by atoms with Gasteiger partial charge in [0.15, 0.2) is 0 Å². The van der Waals surface area contributed by atoms with Gasteiger partial charge in [0.25, 0.3) is 11.7 Å². The molecule has 176 valence electrons. The minimum Gasteiger partial charge on any atom is -0.507 e. The van der Waals surface area contributed by atoms with Gasteiger partial charge < -0.3 is 24.4 Å². The maximum atomic E-state index is 13.1. The minimum atomic E-state index is -0.731. The highest BCUT2D eigenvalue weighted by molar-refractivity contribution is 6.46. The van der Waals surface area contributed by atoms with Crippen LogP contribution in [-0.2, 0) is 9.59 Å². The predicted octanol–water partition coefficient (Wildman–Crippen LogP) is 4.12. The second kappa shape index (κ2) is 10.7. The number of nitrogens with zero attached hydrogens (tertiary/aromatic N) is 2. The van der Waals surface area contributed by atoms with E-state index in [4.69, 9.17) is 21.1 Å². The van der Waals surface area contributed by atoms with Gasteiger partial charge in [-0.15, -0.1) is 0 Å². The van der Waals surface area contributed by atoms with Gasteiger partial charge in [-0.1, -0.05) is 23.7 Å². The maximum absolute atomic E-state index is 13.1. The van der Waals surface area contributed by atoms with Crippen LogP contribution in [0.5, 0.6) is 11.5 Å². The molecule has 1 N–H and O–H groups in total. The lowest BCUT2D eigenvalue weighted by Crippen LogP contribution is -2.35. The molecule has 0 aromatic heterocycles. The first kappa shape index (κ1) is 24.6. The number of likely N-dealkylation sites (tertiary alicyclic amines) is 1. The molecule has 1 aliphatic heterocycles. The SMILES string of the molecule is CCOc1ccc([C@H]2C(=C(O)c3ccc(OCC)c(Cl)c3)C(=O)C(=O)N2CCN(C)C)cc1. The summed E-state index contributed by atoms with van der Waals surface area (Å²) in [5.74, 6) is -0.482. The second-order valence-corrected chi connectivity index (χ2v) is 8.28. The first-order valence-electron chi connectivity index (χ1n) is 10.9. The van der Waals surface area contributed by atoms with E-state index in [1.807, 2.05) is 45.0 Å². The number of aliphatic hydroxyl groups is 1. The Morgan fingerprint density at radius 2 is 1.73 bits per heavy atom. The van der Waals surface area contributed by atoms with E-state index < -0.39 is 17.7 Å². The van der Waals surface area contributed by atoms with E-state index in [0.29, 0.717) is 54.0 Å². The number of ketones is 1. The Hall–Kier alpha value is -3.03. The molecular formula is C25H29ClN2O5. The zero-order valence-corrected chi connectivity index (χ0v) is 20.1. The summed E-state index contributed by atoms with van der Waals surface area (Å²) in [5.41, 5.74) is 1.07. The fourth-order valence-corrected chi connectivity index (χ4v) is 3.99. The third kappa shape index (κ3) is 5.31. The molecule has 0 spiro atoms. The number of Topliss-reactive ketones (excluding diaryl/α,β-unsaturated/α-hetero) is 1. The fourth-order valence-electron chi connectivity index (χ4n) is 3.75. The third-order valence-corrected chi connectivity index (χ3v) is 5.64. The van der Waals surface area contributed by atoms with E-state index >= 15 is 0 Å². The monoisotopic (exact) mass is 472 g/mol. The zero-order chi connectivity index (χ0) is 24.1. The van der Waals surface area contributed by atoms with Gasteiger partial charge in [0.1, 0.15) is 17.3 Å². The van der Waals surface area contributed by atoms with Crippen molar-refractivity contribution in [3.05, 3.63) is 64.2 Å². The summed E-state index contributed by atoms with van der Waals surface area (Å²) < 4.78 is 11.0. The van der Waals surface area contributed by atoms with Crippen LogP contribution in [0, 0.1) is 0 Å². The number of halogens is 1. The van der Waals surface area contributed by atoms with Gasteiger partial charge in [-0.05, 0) is 63.8 Å². The number of aliphatic hydroxyl groups excluding tert-OH is 1. The van der Waals surface area contributed by atoms with E-state index in [2.05, 4.69) is 0 Å². The van der Waals surface area contributed by atoms with Crippen LogP contribution in [0.1, 0.15) is 31.0 Å². The van der Waals surface area contributed by atoms with Gasteiger partial charge in [-0.3, -0.25) is 9.59 Å². The maximum Gasteiger partial charge on any atom is 0.295 e. The van der Waals surface area contributed by atoms with Crippen LogP contribution in [0.15, 0.2) is 48.0 Å². The standard InChI is InChI=1S/C25H29ClN2O5/c1-5-32-18-10-7-16(8-11-18)22-21(24(30)25(31)28(22)14-13-27(3)4)23(29)17-9-12-20(33-6-2)19(26)15-17/h7-12,15,22,29H,5-6,13-14H2,1-4H3/t22-/m0/s1. The molecule has 2 aromatic rings. The summed E-state index contributed by atoms with van der Waals surface area (Å²) in [4.78, 5) is 29.5. The third-order valence-electron chi connectivity index (χ3n) is 5.34. The molecular weight excluding hydrogens is 444 g/mol. The molecule has 33 heavy (non-hydrogen) atoms. The van der Waals surface area contributed by atoms with Crippen molar-refractivity contribution >= 4 is 29.1 Å². The van der Waals surface area contributed by atoms with Crippen LogP contribution < -0.4 is 9.47 Å². The summed E-state index contributed by atoms with van der Waals surface area (Å²) >= 11 is 6.30. The quantitative estimate of drug-likeness (QED) is 0.336. The van der Waals surface area contributed by atoms with Gasteiger partial charge >= 0.3 is 0 Å². The Morgan fingerprint density at radius 1 is 1.06 bits per heavy atom. The molecule has 8 heteroatoms. The van der Waals surface area contributed by atoms with Gasteiger partial charge in [0.05, 0.1) is 29.9 Å². The summed E-state index contributed by atoms with van der Waals surface area (Å²) in [7, 11) is 3.79. The minimum absolute atomic E-state index is 0.0307. The highest BCUT2D eigenvalue weighted by Crippen LogP contribution is 2.40. The Bertz CT molecular complexity index is 1050. The molecule has 0 saturated carbocycles. The molecule has 1 heterocycles. The molecule has 7 nitrogen and oxygen atoms in total. The first-order valence-corrected chi connectivity index (χ1v) is 11.2. The normalized spacial score (nSPS) is 17.6. The van der Waals surface area contributed by atoms with Crippen molar-refractivity contribution in [1.29, 1.82) is 0 Å². The topological polar surface area (TPSA) is 79.3 Å². The van der Waals surface area contributed by atoms with Gasteiger partial charge in [-0.25, -0.2) is 0 Å². The molecule has 2 aromatic carbocycles. The van der Waals surface area contributed by atoms with Crippen molar-refractivity contribution in [2.24, 2.45) is 0 Å². The lowest BCUT2D eigenvalue weighted by atomic mass is 9.95. The van der Waals surface area contributed by atoms with Gasteiger partial charge in [0.2, 0.25) is 0 Å². The summed E-state index contributed by atoms with van der Waals surface area (Å²) in [6.07, 6.45) is 0. The van der Waals surface area contributed by atoms with Crippen LogP contribution >= 0.6 is 11.6 Å². The van der Waals surface area contributed by atoms with Gasteiger partial charge in [0, 0.05) is 18.7 Å². The molecule has 0 bridgehead atoms. The predicted molar refractivity (Wildman–Crippen MR) is 128 cm³/mol. The lowest BCUT2D eigenvalue weighted by Gasteiger charge is -2.26. The number of benzene rings is 2. The number of carbonyl (C=O) groups is 2. The Kier molecular flexibility index (Phi) is 8.00. The fraction of sp³-hybridized carbons (Fsp3) is 0.360. The highest BCUT2D eigenvalue weighted by Gasteiger charge is 2.45. The van der Waals surface area contributed by atoms with E-state index in [-0.39, 0.29) is 11.3 Å². The van der Waals surface area contributed by atoms with Crippen molar-refractivity contribution in [3.8, 4) is 11.5 Å². The van der Waals surface area contributed by atoms with E-state index in [1.54, 1.807) is 24.3 Å². The average Bonchev–Trinajstić information content (AvgIpc) is 3.04. The van der Waals surface area contributed by atoms with E-state index in [0.717, 1.165) is 0 Å². The number of hydrogen-bond donors (Lipinski definition) is 1. The molecule has 0 unspecified atom stereocenters. The van der Waals surface area contributed by atoms with Crippen molar-refractivity contribution < 1.29 is 24.2 Å². The number of rotatable bonds is 9. The van der Waals surface area contributed by atoms with E-state index in [1.165, 1.54) is 11.0 Å². The molecule has 1 atom stereocenters. The lowest BCUT2D eigenvalue weighted by molar-refractivity contribution is -0.140. The molecule has 1 fully saturated rings. The Morgan fingerprint density at radius 3 is 2.30 bits per heavy atom. The first-order chi connectivity index (χ1) is 15.8. The molecule has 1 amide bonds. The van der Waals surface area contributed by atoms with Crippen LogP contribution in [0.4, 0.5) is 0 Å². The Labute approximate surface area is 199 Å². The van der Waals surface area contributed by atoms with Crippen LogP contribution in [0.25, 0.3) is 5.76 Å².